The average molecular weight is 333 g/mol. The molecule has 2 aromatic rings. The van der Waals surface area contributed by atoms with Crippen LogP contribution in [0, 0.1) is 0 Å². The van der Waals surface area contributed by atoms with Gasteiger partial charge in [-0.3, -0.25) is 4.79 Å². The lowest BCUT2D eigenvalue weighted by molar-refractivity contribution is 0.0955. The summed E-state index contributed by atoms with van der Waals surface area (Å²) in [5.41, 5.74) is 3.82. The number of ether oxygens (including phenoxy) is 1. The Morgan fingerprint density at radius 2 is 1.96 bits per heavy atom. The number of benzene rings is 2. The fraction of sp³-hybridized carbons (Fsp3) is 0.176. The average Bonchev–Trinajstić information content (AvgIpc) is 2.55. The lowest BCUT2D eigenvalue weighted by atomic mass is 10.1. The van der Waals surface area contributed by atoms with Crippen LogP contribution in [0.4, 0.5) is 0 Å². The predicted molar refractivity (Wildman–Crippen MR) is 90.4 cm³/mol. The minimum Gasteiger partial charge on any atom is -0.507 e. The van der Waals surface area contributed by atoms with Gasteiger partial charge in [-0.1, -0.05) is 11.6 Å². The SMILES string of the molecule is CCOc1ccc(C(=O)N/N=C(\C)c2cc(Cl)ccc2O)cc1. The maximum absolute atomic E-state index is 12.1. The van der Waals surface area contributed by atoms with Crippen molar-refractivity contribution in [1.29, 1.82) is 0 Å². The number of nitrogens with one attached hydrogen (secondary N) is 1. The Hall–Kier alpha value is -2.53. The first-order chi connectivity index (χ1) is 11.0. The highest BCUT2D eigenvalue weighted by molar-refractivity contribution is 6.31. The topological polar surface area (TPSA) is 70.9 Å². The molecule has 0 unspecified atom stereocenters. The summed E-state index contributed by atoms with van der Waals surface area (Å²) in [7, 11) is 0. The van der Waals surface area contributed by atoms with Gasteiger partial charge in [-0.15, -0.1) is 0 Å². The summed E-state index contributed by atoms with van der Waals surface area (Å²) in [5.74, 6) is 0.396. The van der Waals surface area contributed by atoms with E-state index in [0.717, 1.165) is 0 Å². The number of amides is 1. The highest BCUT2D eigenvalue weighted by atomic mass is 35.5. The van der Waals surface area contributed by atoms with Crippen LogP contribution < -0.4 is 10.2 Å². The minimum absolute atomic E-state index is 0.0472. The van der Waals surface area contributed by atoms with Gasteiger partial charge in [0, 0.05) is 16.1 Å². The zero-order chi connectivity index (χ0) is 16.8. The third kappa shape index (κ3) is 4.47. The van der Waals surface area contributed by atoms with Crippen LogP contribution in [0.1, 0.15) is 29.8 Å². The van der Waals surface area contributed by atoms with Gasteiger partial charge in [-0.25, -0.2) is 5.43 Å². The van der Waals surface area contributed by atoms with E-state index < -0.39 is 0 Å². The molecular weight excluding hydrogens is 316 g/mol. The summed E-state index contributed by atoms with van der Waals surface area (Å²) < 4.78 is 5.32. The second kappa shape index (κ2) is 7.65. The van der Waals surface area contributed by atoms with E-state index in [9.17, 15) is 9.90 Å². The van der Waals surface area contributed by atoms with Crippen molar-refractivity contribution in [1.82, 2.24) is 5.43 Å². The van der Waals surface area contributed by atoms with Crippen molar-refractivity contribution in [2.24, 2.45) is 5.10 Å². The molecule has 0 saturated carbocycles. The first-order valence-corrected chi connectivity index (χ1v) is 7.45. The van der Waals surface area contributed by atoms with Crippen LogP contribution in [-0.4, -0.2) is 23.3 Å². The van der Waals surface area contributed by atoms with E-state index in [1.165, 1.54) is 6.07 Å². The molecule has 2 aromatic carbocycles. The van der Waals surface area contributed by atoms with E-state index in [1.807, 2.05) is 6.92 Å². The van der Waals surface area contributed by atoms with Crippen molar-refractivity contribution in [2.75, 3.05) is 6.61 Å². The van der Waals surface area contributed by atoms with Crippen LogP contribution in [0.2, 0.25) is 5.02 Å². The molecular formula is C17H17ClN2O3. The molecule has 2 rings (SSSR count). The van der Waals surface area contributed by atoms with Crippen LogP contribution in [0.5, 0.6) is 11.5 Å². The van der Waals surface area contributed by atoms with Crippen LogP contribution in [0.3, 0.4) is 0 Å². The maximum atomic E-state index is 12.1. The standard InChI is InChI=1S/C17H17ClN2O3/c1-3-23-14-7-4-12(5-8-14)17(22)20-19-11(2)15-10-13(18)6-9-16(15)21/h4-10,21H,3H2,1-2H3,(H,20,22)/b19-11+. The first-order valence-electron chi connectivity index (χ1n) is 7.07. The lowest BCUT2D eigenvalue weighted by Gasteiger charge is -2.06. The number of carbonyl (C=O) groups is 1. The number of carbonyl (C=O) groups excluding carboxylic acids is 1. The second-order valence-corrected chi connectivity index (χ2v) is 5.19. The Balaban J connectivity index is 2.09. The Morgan fingerprint density at radius 1 is 1.26 bits per heavy atom. The highest BCUT2D eigenvalue weighted by Crippen LogP contribution is 2.22. The van der Waals surface area contributed by atoms with Crippen molar-refractivity contribution < 1.29 is 14.6 Å². The van der Waals surface area contributed by atoms with E-state index in [2.05, 4.69) is 10.5 Å². The molecule has 0 aliphatic rings. The second-order valence-electron chi connectivity index (χ2n) is 4.76. The summed E-state index contributed by atoms with van der Waals surface area (Å²) in [6.07, 6.45) is 0. The number of nitrogens with zero attached hydrogens (tertiary/aromatic N) is 1. The van der Waals surface area contributed by atoms with E-state index in [-0.39, 0.29) is 11.7 Å². The van der Waals surface area contributed by atoms with Gasteiger partial charge in [0.2, 0.25) is 0 Å². The van der Waals surface area contributed by atoms with Crippen LogP contribution in [-0.2, 0) is 0 Å². The smallest absolute Gasteiger partial charge is 0.271 e. The molecule has 0 aliphatic carbocycles. The Kier molecular flexibility index (Phi) is 5.60. The molecule has 0 heterocycles. The van der Waals surface area contributed by atoms with Crippen molar-refractivity contribution in [2.45, 2.75) is 13.8 Å². The van der Waals surface area contributed by atoms with E-state index in [1.54, 1.807) is 43.3 Å². The zero-order valence-corrected chi connectivity index (χ0v) is 13.6. The molecule has 0 spiro atoms. The third-order valence-corrected chi connectivity index (χ3v) is 3.34. The molecule has 0 aliphatic heterocycles. The van der Waals surface area contributed by atoms with Gasteiger partial charge >= 0.3 is 0 Å². The molecule has 23 heavy (non-hydrogen) atoms. The zero-order valence-electron chi connectivity index (χ0n) is 12.8. The molecule has 2 N–H and O–H groups in total. The number of phenols is 1. The van der Waals surface area contributed by atoms with Crippen molar-refractivity contribution in [3.05, 3.63) is 58.6 Å². The summed E-state index contributed by atoms with van der Waals surface area (Å²) >= 11 is 5.89. The largest absolute Gasteiger partial charge is 0.507 e. The number of hydrazone groups is 1. The Labute approximate surface area is 139 Å². The monoisotopic (exact) mass is 332 g/mol. The number of halogens is 1. The van der Waals surface area contributed by atoms with Gasteiger partial charge in [0.1, 0.15) is 11.5 Å². The molecule has 0 fully saturated rings. The normalized spacial score (nSPS) is 11.2. The maximum Gasteiger partial charge on any atom is 0.271 e. The molecule has 0 aromatic heterocycles. The fourth-order valence-electron chi connectivity index (χ4n) is 1.93. The van der Waals surface area contributed by atoms with E-state index in [0.29, 0.717) is 34.2 Å². The van der Waals surface area contributed by atoms with Crippen molar-refractivity contribution >= 4 is 23.2 Å². The van der Waals surface area contributed by atoms with Crippen molar-refractivity contribution in [3.63, 3.8) is 0 Å². The van der Waals surface area contributed by atoms with Gasteiger partial charge in [0.15, 0.2) is 0 Å². The minimum atomic E-state index is -0.353. The van der Waals surface area contributed by atoms with Gasteiger partial charge in [0.05, 0.1) is 12.3 Å². The summed E-state index contributed by atoms with van der Waals surface area (Å²) in [5, 5.41) is 14.3. The predicted octanol–water partition coefficient (Wildman–Crippen LogP) is 3.60. The molecule has 0 saturated heterocycles. The van der Waals surface area contributed by atoms with E-state index in [4.69, 9.17) is 16.3 Å². The lowest BCUT2D eigenvalue weighted by Crippen LogP contribution is -2.19. The molecule has 0 radical (unpaired) electrons. The fourth-order valence-corrected chi connectivity index (χ4v) is 2.10. The molecule has 5 nitrogen and oxygen atoms in total. The summed E-state index contributed by atoms with van der Waals surface area (Å²) in [6.45, 7) is 4.13. The molecule has 0 atom stereocenters. The van der Waals surface area contributed by atoms with Crippen LogP contribution in [0.25, 0.3) is 0 Å². The Morgan fingerprint density at radius 3 is 2.61 bits per heavy atom. The number of rotatable bonds is 5. The number of aromatic hydroxyl groups is 1. The van der Waals surface area contributed by atoms with Crippen LogP contribution in [0.15, 0.2) is 47.6 Å². The van der Waals surface area contributed by atoms with Gasteiger partial charge in [-0.05, 0) is 56.3 Å². The number of phenolic OH excluding ortho intramolecular Hbond substituents is 1. The van der Waals surface area contributed by atoms with Crippen LogP contribution >= 0.6 is 11.6 Å². The Bertz CT molecular complexity index is 727. The molecule has 120 valence electrons. The summed E-state index contributed by atoms with van der Waals surface area (Å²) in [4.78, 5) is 12.1. The van der Waals surface area contributed by atoms with E-state index >= 15 is 0 Å². The molecule has 0 bridgehead atoms. The third-order valence-electron chi connectivity index (χ3n) is 3.10. The van der Waals surface area contributed by atoms with Crippen molar-refractivity contribution in [3.8, 4) is 11.5 Å². The number of hydrogen-bond donors (Lipinski definition) is 2. The van der Waals surface area contributed by atoms with Gasteiger partial charge in [0.25, 0.3) is 5.91 Å². The molecule has 6 heteroatoms. The highest BCUT2D eigenvalue weighted by Gasteiger charge is 2.08. The summed E-state index contributed by atoms with van der Waals surface area (Å²) in [6, 6.07) is 11.4. The molecule has 1 amide bonds. The van der Waals surface area contributed by atoms with Gasteiger partial charge < -0.3 is 9.84 Å². The first kappa shape index (κ1) is 16.8. The van der Waals surface area contributed by atoms with Gasteiger partial charge in [-0.2, -0.15) is 5.10 Å². The number of hydrogen-bond acceptors (Lipinski definition) is 4. The quantitative estimate of drug-likeness (QED) is 0.649.